The molecule has 2 aromatic rings. The third-order valence-corrected chi connectivity index (χ3v) is 7.15. The Bertz CT molecular complexity index is 869. The van der Waals surface area contributed by atoms with Crippen LogP contribution < -0.4 is 0 Å². The number of phenolic OH excluding ortho intramolecular Hbond substituents is 1. The second-order valence-electron chi connectivity index (χ2n) is 9.31. The van der Waals surface area contributed by atoms with Gasteiger partial charge in [-0.3, -0.25) is 9.69 Å². The van der Waals surface area contributed by atoms with Crippen molar-refractivity contribution in [2.75, 3.05) is 19.6 Å². The number of carbonyl (C=O) groups is 1. The van der Waals surface area contributed by atoms with E-state index in [0.717, 1.165) is 45.4 Å². The Morgan fingerprint density at radius 3 is 2.45 bits per heavy atom. The summed E-state index contributed by atoms with van der Waals surface area (Å²) in [5.41, 5.74) is 2.60. The number of hydrogen-bond donors (Lipinski definition) is 1. The first-order valence-electron chi connectivity index (χ1n) is 11.0. The van der Waals surface area contributed by atoms with Crippen molar-refractivity contribution < 1.29 is 9.90 Å². The standard InChI is InChI=1S/C25H30N2O2/c28-22-8-4-5-19(15-22)17-26-13-11-25(12-14-26)16-23(20-6-2-1-3-7-20)24(29)27(18-25)21-9-10-21/h1-8,15,21,23,28H,9-14,16-18H2. The van der Waals surface area contributed by atoms with Gasteiger partial charge >= 0.3 is 0 Å². The fourth-order valence-corrected chi connectivity index (χ4v) is 5.33. The van der Waals surface area contributed by atoms with Crippen molar-refractivity contribution in [2.45, 2.75) is 50.6 Å². The summed E-state index contributed by atoms with van der Waals surface area (Å²) in [5, 5.41) is 9.73. The third-order valence-electron chi connectivity index (χ3n) is 7.15. The van der Waals surface area contributed by atoms with E-state index < -0.39 is 0 Å². The highest BCUT2D eigenvalue weighted by atomic mass is 16.3. The Morgan fingerprint density at radius 1 is 1.00 bits per heavy atom. The maximum Gasteiger partial charge on any atom is 0.230 e. The van der Waals surface area contributed by atoms with E-state index in [0.29, 0.717) is 17.7 Å². The fraction of sp³-hybridized carbons (Fsp3) is 0.480. The highest BCUT2D eigenvalue weighted by Gasteiger charge is 2.49. The van der Waals surface area contributed by atoms with E-state index in [9.17, 15) is 9.90 Å². The molecule has 1 unspecified atom stereocenters. The molecule has 3 aliphatic rings. The van der Waals surface area contributed by atoms with Gasteiger partial charge in [0.05, 0.1) is 5.92 Å². The van der Waals surface area contributed by atoms with Crippen molar-refractivity contribution in [3.63, 3.8) is 0 Å². The van der Waals surface area contributed by atoms with Gasteiger partial charge in [-0.25, -0.2) is 0 Å². The van der Waals surface area contributed by atoms with Crippen LogP contribution in [0.4, 0.5) is 0 Å². The fourth-order valence-electron chi connectivity index (χ4n) is 5.33. The quantitative estimate of drug-likeness (QED) is 0.853. The van der Waals surface area contributed by atoms with Gasteiger partial charge in [0.1, 0.15) is 5.75 Å². The van der Waals surface area contributed by atoms with Crippen LogP contribution in [0.2, 0.25) is 0 Å². The first-order valence-corrected chi connectivity index (χ1v) is 11.0. The predicted octanol–water partition coefficient (Wildman–Crippen LogP) is 4.15. The molecule has 0 bridgehead atoms. The lowest BCUT2D eigenvalue weighted by molar-refractivity contribution is -0.142. The molecule has 2 saturated heterocycles. The third kappa shape index (κ3) is 3.91. The van der Waals surface area contributed by atoms with Crippen molar-refractivity contribution in [1.82, 2.24) is 9.80 Å². The number of hydrogen-bond acceptors (Lipinski definition) is 3. The van der Waals surface area contributed by atoms with E-state index in [1.165, 1.54) is 24.0 Å². The van der Waals surface area contributed by atoms with Crippen LogP contribution in [0.1, 0.15) is 49.1 Å². The van der Waals surface area contributed by atoms with Crippen molar-refractivity contribution in [1.29, 1.82) is 0 Å². The molecule has 1 saturated carbocycles. The van der Waals surface area contributed by atoms with E-state index in [4.69, 9.17) is 0 Å². The molecule has 0 radical (unpaired) electrons. The Balaban J connectivity index is 1.31. The van der Waals surface area contributed by atoms with Crippen LogP contribution >= 0.6 is 0 Å². The first kappa shape index (κ1) is 18.7. The Kier molecular flexibility index (Phi) is 4.83. The van der Waals surface area contributed by atoms with E-state index in [1.54, 1.807) is 6.07 Å². The monoisotopic (exact) mass is 390 g/mol. The zero-order chi connectivity index (χ0) is 19.8. The summed E-state index contributed by atoms with van der Waals surface area (Å²) in [6.07, 6.45) is 5.62. The molecule has 1 aliphatic carbocycles. The molecule has 0 aromatic heterocycles. The lowest BCUT2D eigenvalue weighted by Gasteiger charge is -2.50. The van der Waals surface area contributed by atoms with E-state index in [2.05, 4.69) is 40.1 Å². The van der Waals surface area contributed by atoms with Gasteiger partial charge in [0.2, 0.25) is 5.91 Å². The second-order valence-corrected chi connectivity index (χ2v) is 9.31. The zero-order valence-electron chi connectivity index (χ0n) is 17.0. The first-order chi connectivity index (χ1) is 14.1. The van der Waals surface area contributed by atoms with Gasteiger partial charge in [-0.15, -0.1) is 0 Å². The molecule has 29 heavy (non-hydrogen) atoms. The molecule has 2 heterocycles. The minimum atomic E-state index is 0.0168. The van der Waals surface area contributed by atoms with Crippen LogP contribution in [0.15, 0.2) is 54.6 Å². The van der Waals surface area contributed by atoms with Crippen molar-refractivity contribution in [3.05, 3.63) is 65.7 Å². The number of likely N-dealkylation sites (tertiary alicyclic amines) is 2. The topological polar surface area (TPSA) is 43.8 Å². The van der Waals surface area contributed by atoms with Crippen LogP contribution in [-0.4, -0.2) is 46.5 Å². The van der Waals surface area contributed by atoms with Gasteiger partial charge < -0.3 is 10.0 Å². The van der Waals surface area contributed by atoms with Crippen molar-refractivity contribution >= 4 is 5.91 Å². The maximum atomic E-state index is 13.3. The summed E-state index contributed by atoms with van der Waals surface area (Å²) < 4.78 is 0. The molecule has 1 N–H and O–H groups in total. The van der Waals surface area contributed by atoms with Gasteiger partial charge in [-0.05, 0) is 73.9 Å². The van der Waals surface area contributed by atoms with E-state index in [-0.39, 0.29) is 11.3 Å². The Labute approximate surface area is 173 Å². The number of phenols is 1. The molecular weight excluding hydrogens is 360 g/mol. The molecule has 1 amide bonds. The van der Waals surface area contributed by atoms with Gasteiger partial charge in [-0.1, -0.05) is 42.5 Å². The van der Waals surface area contributed by atoms with Crippen molar-refractivity contribution in [2.24, 2.45) is 5.41 Å². The molecule has 3 fully saturated rings. The van der Waals surface area contributed by atoms with Crippen LogP contribution in [0.3, 0.4) is 0 Å². The number of amides is 1. The zero-order valence-corrected chi connectivity index (χ0v) is 17.0. The lowest BCUT2D eigenvalue weighted by Crippen LogP contribution is -2.54. The summed E-state index contributed by atoms with van der Waals surface area (Å²) in [4.78, 5) is 18.0. The highest BCUT2D eigenvalue weighted by molar-refractivity contribution is 5.85. The molecule has 2 aliphatic heterocycles. The maximum absolute atomic E-state index is 13.3. The number of rotatable bonds is 4. The average Bonchev–Trinajstić information content (AvgIpc) is 3.58. The van der Waals surface area contributed by atoms with Gasteiger partial charge in [0, 0.05) is 19.1 Å². The van der Waals surface area contributed by atoms with Crippen LogP contribution in [0.25, 0.3) is 0 Å². The number of piperidine rings is 2. The summed E-state index contributed by atoms with van der Waals surface area (Å²) in [6, 6.07) is 18.5. The summed E-state index contributed by atoms with van der Waals surface area (Å²) in [5.74, 6) is 0.710. The summed E-state index contributed by atoms with van der Waals surface area (Å²) >= 11 is 0. The summed E-state index contributed by atoms with van der Waals surface area (Å²) in [6.45, 7) is 3.95. The summed E-state index contributed by atoms with van der Waals surface area (Å²) in [7, 11) is 0. The van der Waals surface area contributed by atoms with Crippen LogP contribution in [-0.2, 0) is 11.3 Å². The molecule has 1 spiro atoms. The number of nitrogens with zero attached hydrogens (tertiary/aromatic N) is 2. The largest absolute Gasteiger partial charge is 0.508 e. The van der Waals surface area contributed by atoms with Crippen molar-refractivity contribution in [3.8, 4) is 5.75 Å². The number of benzene rings is 2. The molecular formula is C25H30N2O2. The normalized spacial score (nSPS) is 24.8. The SMILES string of the molecule is O=C1C(c2ccccc2)CC2(CCN(Cc3cccc(O)c3)CC2)CN1C1CC1. The van der Waals surface area contributed by atoms with Crippen LogP contribution in [0, 0.1) is 5.41 Å². The minimum Gasteiger partial charge on any atom is -0.508 e. The highest BCUT2D eigenvalue weighted by Crippen LogP contribution is 2.48. The average molecular weight is 391 g/mol. The molecule has 4 nitrogen and oxygen atoms in total. The smallest absolute Gasteiger partial charge is 0.230 e. The lowest BCUT2D eigenvalue weighted by atomic mass is 9.67. The van der Waals surface area contributed by atoms with Gasteiger partial charge in [-0.2, -0.15) is 0 Å². The number of carbonyl (C=O) groups excluding carboxylic acids is 1. The van der Waals surface area contributed by atoms with E-state index in [1.807, 2.05) is 18.2 Å². The predicted molar refractivity (Wildman–Crippen MR) is 114 cm³/mol. The Hall–Kier alpha value is -2.33. The molecule has 1 atom stereocenters. The number of aromatic hydroxyl groups is 1. The van der Waals surface area contributed by atoms with E-state index >= 15 is 0 Å². The molecule has 4 heteroatoms. The van der Waals surface area contributed by atoms with Crippen LogP contribution in [0.5, 0.6) is 5.75 Å². The molecule has 152 valence electrons. The van der Waals surface area contributed by atoms with Gasteiger partial charge in [0.25, 0.3) is 0 Å². The second kappa shape index (κ2) is 7.49. The molecule has 2 aromatic carbocycles. The Morgan fingerprint density at radius 2 is 1.76 bits per heavy atom. The van der Waals surface area contributed by atoms with Gasteiger partial charge in [0.15, 0.2) is 0 Å². The molecule has 5 rings (SSSR count). The minimum absolute atomic E-state index is 0.0168.